The second-order valence-electron chi connectivity index (χ2n) is 5.04. The lowest BCUT2D eigenvalue weighted by atomic mass is 10.1. The highest BCUT2D eigenvalue weighted by molar-refractivity contribution is 7.07. The van der Waals surface area contributed by atoms with Crippen molar-refractivity contribution in [1.82, 2.24) is 9.80 Å². The van der Waals surface area contributed by atoms with Gasteiger partial charge in [0.05, 0.1) is 6.61 Å². The number of carbonyl (C=O) groups is 1. The number of aliphatic hydroxyl groups is 1. The van der Waals surface area contributed by atoms with E-state index in [1.165, 1.54) is 5.56 Å². The van der Waals surface area contributed by atoms with E-state index in [-0.39, 0.29) is 12.5 Å². The molecule has 3 heterocycles. The van der Waals surface area contributed by atoms with Crippen LogP contribution in [0.2, 0.25) is 0 Å². The Morgan fingerprint density at radius 1 is 1.44 bits per heavy atom. The molecule has 2 atom stereocenters. The second kappa shape index (κ2) is 4.99. The first-order valence-electron chi connectivity index (χ1n) is 6.45. The van der Waals surface area contributed by atoms with Gasteiger partial charge in [0.25, 0.3) is 0 Å². The van der Waals surface area contributed by atoms with Crippen molar-refractivity contribution in [3.63, 3.8) is 0 Å². The minimum absolute atomic E-state index is 0.0689. The van der Waals surface area contributed by atoms with Gasteiger partial charge in [-0.05, 0) is 28.8 Å². The first-order valence-corrected chi connectivity index (χ1v) is 7.39. The molecule has 1 N–H and O–H groups in total. The molecule has 18 heavy (non-hydrogen) atoms. The molecule has 0 aromatic carbocycles. The Hall–Kier alpha value is -0.910. The topological polar surface area (TPSA) is 43.8 Å². The van der Waals surface area contributed by atoms with Crippen molar-refractivity contribution in [2.24, 2.45) is 0 Å². The predicted molar refractivity (Wildman–Crippen MR) is 70.3 cm³/mol. The van der Waals surface area contributed by atoms with E-state index in [9.17, 15) is 4.79 Å². The summed E-state index contributed by atoms with van der Waals surface area (Å²) in [7, 11) is 0. The average Bonchev–Trinajstić information content (AvgIpc) is 3.03. The van der Waals surface area contributed by atoms with E-state index in [1.807, 2.05) is 4.90 Å². The molecular formula is C13H18N2O2S. The highest BCUT2D eigenvalue weighted by atomic mass is 32.1. The van der Waals surface area contributed by atoms with Gasteiger partial charge in [-0.2, -0.15) is 11.3 Å². The largest absolute Gasteiger partial charge is 0.395 e. The summed E-state index contributed by atoms with van der Waals surface area (Å²) in [5.74, 6) is 0.203. The number of amides is 1. The molecule has 1 aromatic rings. The number of carbonyl (C=O) groups excluding carboxylic acids is 1. The summed E-state index contributed by atoms with van der Waals surface area (Å²) in [4.78, 5) is 16.2. The number of fused-ring (bicyclic) bond motifs is 1. The normalized spacial score (nSPS) is 28.1. The van der Waals surface area contributed by atoms with Gasteiger partial charge >= 0.3 is 0 Å². The van der Waals surface area contributed by atoms with Crippen LogP contribution in [0.4, 0.5) is 0 Å². The number of β-amino-alcohol motifs (C(OH)–C–C–N with tert-alkyl or cyclic N) is 1. The fraction of sp³-hybridized carbons (Fsp3) is 0.615. The molecule has 5 heteroatoms. The number of thiophene rings is 1. The Morgan fingerprint density at radius 3 is 3.06 bits per heavy atom. The predicted octanol–water partition coefficient (Wildman–Crippen LogP) is 0.916. The summed E-state index contributed by atoms with van der Waals surface area (Å²) in [6.45, 7) is 2.57. The summed E-state index contributed by atoms with van der Waals surface area (Å²) in [5.41, 5.74) is 1.34. The van der Waals surface area contributed by atoms with Gasteiger partial charge in [-0.25, -0.2) is 0 Å². The van der Waals surface area contributed by atoms with Crippen LogP contribution in [-0.2, 0) is 11.3 Å². The van der Waals surface area contributed by atoms with E-state index in [1.54, 1.807) is 11.3 Å². The first kappa shape index (κ1) is 12.1. The fourth-order valence-electron chi connectivity index (χ4n) is 3.22. The lowest BCUT2D eigenvalue weighted by molar-refractivity contribution is -0.129. The second-order valence-corrected chi connectivity index (χ2v) is 5.82. The molecule has 0 unspecified atom stereocenters. The summed E-state index contributed by atoms with van der Waals surface area (Å²) < 4.78 is 0. The molecule has 98 valence electrons. The standard InChI is InChI=1S/C13H18N2O2S/c16-5-4-15-11-1-3-14(12(11)7-13(15)17)8-10-2-6-18-9-10/h2,6,9,11-12,16H,1,3-5,7-8H2/t11-,12-/m0/s1. The third-order valence-electron chi connectivity index (χ3n) is 4.04. The molecule has 0 bridgehead atoms. The van der Waals surface area contributed by atoms with Gasteiger partial charge in [0.15, 0.2) is 0 Å². The van der Waals surface area contributed by atoms with E-state index >= 15 is 0 Å². The van der Waals surface area contributed by atoms with Crippen molar-refractivity contribution in [1.29, 1.82) is 0 Å². The number of likely N-dealkylation sites (tertiary alicyclic amines) is 2. The summed E-state index contributed by atoms with van der Waals surface area (Å²) in [6.07, 6.45) is 1.66. The molecule has 2 aliphatic rings. The summed E-state index contributed by atoms with van der Waals surface area (Å²) in [5, 5.41) is 13.3. The molecule has 0 radical (unpaired) electrons. The first-order chi connectivity index (χ1) is 8.79. The van der Waals surface area contributed by atoms with E-state index in [0.29, 0.717) is 25.0 Å². The maximum Gasteiger partial charge on any atom is 0.224 e. The molecular weight excluding hydrogens is 248 g/mol. The molecule has 1 aromatic heterocycles. The minimum Gasteiger partial charge on any atom is -0.395 e. The van der Waals surface area contributed by atoms with Crippen LogP contribution >= 0.6 is 11.3 Å². The van der Waals surface area contributed by atoms with Crippen molar-refractivity contribution < 1.29 is 9.90 Å². The monoisotopic (exact) mass is 266 g/mol. The number of rotatable bonds is 4. The quantitative estimate of drug-likeness (QED) is 0.881. The molecule has 4 nitrogen and oxygen atoms in total. The smallest absolute Gasteiger partial charge is 0.224 e. The van der Waals surface area contributed by atoms with E-state index < -0.39 is 0 Å². The van der Waals surface area contributed by atoms with Crippen LogP contribution in [0.1, 0.15) is 18.4 Å². The highest BCUT2D eigenvalue weighted by Crippen LogP contribution is 2.33. The molecule has 2 aliphatic heterocycles. The molecule has 0 saturated carbocycles. The Kier molecular flexibility index (Phi) is 3.37. The van der Waals surface area contributed by atoms with Crippen LogP contribution in [0.15, 0.2) is 16.8 Å². The lowest BCUT2D eigenvalue weighted by Crippen LogP contribution is -2.38. The third-order valence-corrected chi connectivity index (χ3v) is 4.77. The number of hydrogen-bond acceptors (Lipinski definition) is 4. The number of nitrogens with zero attached hydrogens (tertiary/aromatic N) is 2. The zero-order valence-electron chi connectivity index (χ0n) is 10.3. The van der Waals surface area contributed by atoms with Gasteiger partial charge in [0.1, 0.15) is 0 Å². The van der Waals surface area contributed by atoms with Crippen molar-refractivity contribution in [2.45, 2.75) is 31.5 Å². The van der Waals surface area contributed by atoms with Crippen LogP contribution in [-0.4, -0.2) is 52.6 Å². The van der Waals surface area contributed by atoms with Crippen molar-refractivity contribution in [3.05, 3.63) is 22.4 Å². The SMILES string of the molecule is O=C1C[C@H]2[C@H](CCN2Cc2ccsc2)N1CCO. The van der Waals surface area contributed by atoms with E-state index in [2.05, 4.69) is 21.7 Å². The molecule has 1 amide bonds. The Labute approximate surface area is 111 Å². The Morgan fingerprint density at radius 2 is 2.33 bits per heavy atom. The van der Waals surface area contributed by atoms with Gasteiger partial charge in [-0.1, -0.05) is 0 Å². The molecule has 2 fully saturated rings. The maximum absolute atomic E-state index is 11.9. The van der Waals surface area contributed by atoms with Gasteiger partial charge in [-0.3, -0.25) is 9.69 Å². The van der Waals surface area contributed by atoms with Gasteiger partial charge in [0.2, 0.25) is 5.91 Å². The van der Waals surface area contributed by atoms with Gasteiger partial charge in [0, 0.05) is 38.1 Å². The number of hydrogen-bond donors (Lipinski definition) is 1. The van der Waals surface area contributed by atoms with Crippen LogP contribution in [0, 0.1) is 0 Å². The highest BCUT2D eigenvalue weighted by Gasteiger charge is 2.46. The zero-order valence-corrected chi connectivity index (χ0v) is 11.1. The minimum atomic E-state index is 0.0689. The van der Waals surface area contributed by atoms with E-state index in [0.717, 1.165) is 19.5 Å². The zero-order chi connectivity index (χ0) is 12.5. The van der Waals surface area contributed by atoms with E-state index in [4.69, 9.17) is 5.11 Å². The van der Waals surface area contributed by atoms with Crippen LogP contribution in [0.3, 0.4) is 0 Å². The van der Waals surface area contributed by atoms with Crippen LogP contribution in [0.5, 0.6) is 0 Å². The maximum atomic E-state index is 11.9. The fourth-order valence-corrected chi connectivity index (χ4v) is 3.88. The molecule has 2 saturated heterocycles. The third kappa shape index (κ3) is 2.06. The Balaban J connectivity index is 1.69. The van der Waals surface area contributed by atoms with Crippen LogP contribution in [0.25, 0.3) is 0 Å². The summed E-state index contributed by atoms with van der Waals surface area (Å²) in [6, 6.07) is 2.83. The van der Waals surface area contributed by atoms with Gasteiger partial charge in [-0.15, -0.1) is 0 Å². The number of aliphatic hydroxyl groups excluding tert-OH is 1. The molecule has 0 spiro atoms. The van der Waals surface area contributed by atoms with Crippen LogP contribution < -0.4 is 0 Å². The van der Waals surface area contributed by atoms with Gasteiger partial charge < -0.3 is 10.0 Å². The lowest BCUT2D eigenvalue weighted by Gasteiger charge is -2.24. The molecule has 0 aliphatic carbocycles. The van der Waals surface area contributed by atoms with Crippen molar-refractivity contribution in [2.75, 3.05) is 19.7 Å². The van der Waals surface area contributed by atoms with Crippen molar-refractivity contribution in [3.8, 4) is 0 Å². The summed E-state index contributed by atoms with van der Waals surface area (Å²) >= 11 is 1.72. The van der Waals surface area contributed by atoms with Crippen molar-refractivity contribution >= 4 is 17.2 Å². The Bertz CT molecular complexity index is 421. The average molecular weight is 266 g/mol. The molecule has 3 rings (SSSR count).